The van der Waals surface area contributed by atoms with Crippen LogP contribution in [-0.2, 0) is 6.54 Å². The lowest BCUT2D eigenvalue weighted by Gasteiger charge is -2.30. The van der Waals surface area contributed by atoms with Crippen LogP contribution in [0.5, 0.6) is 0 Å². The molecule has 8 heteroatoms. The number of piperidine rings is 1. The molecule has 1 fully saturated rings. The average Bonchev–Trinajstić information content (AvgIpc) is 3.32. The first-order valence-corrected chi connectivity index (χ1v) is 10.0. The Labute approximate surface area is 162 Å². The third-order valence-electron chi connectivity index (χ3n) is 4.65. The molecule has 1 saturated heterocycles. The Balaban J connectivity index is 1.37. The van der Waals surface area contributed by atoms with Crippen molar-refractivity contribution in [1.82, 2.24) is 24.9 Å². The number of carbonyl (C=O) groups is 1. The fourth-order valence-electron chi connectivity index (χ4n) is 3.33. The molecule has 3 aromatic rings. The number of carbonyl (C=O) groups excluding carboxylic acids is 1. The maximum absolute atomic E-state index is 12.4. The second-order valence-corrected chi connectivity index (χ2v) is 7.82. The van der Waals surface area contributed by atoms with E-state index in [2.05, 4.69) is 32.4 Å². The standard InChI is InChI=1S/C19H22N6OS/c1-14-6-5-9-24(10-14)11-15-13-27-19(20-15)21-18(26)17-12-25(23-22-17)16-7-3-2-4-8-16/h2-4,7-8,12-14H,5-6,9-11H2,1H3,(H,20,21,26). The number of rotatable bonds is 5. The van der Waals surface area contributed by atoms with Gasteiger partial charge in [-0.1, -0.05) is 30.3 Å². The van der Waals surface area contributed by atoms with E-state index >= 15 is 0 Å². The predicted octanol–water partition coefficient (Wildman–Crippen LogP) is 3.21. The maximum atomic E-state index is 12.4. The highest BCUT2D eigenvalue weighted by Crippen LogP contribution is 2.21. The van der Waals surface area contributed by atoms with Gasteiger partial charge in [0.25, 0.3) is 5.91 Å². The van der Waals surface area contributed by atoms with Gasteiger partial charge in [-0.25, -0.2) is 9.67 Å². The first kappa shape index (κ1) is 17.8. The highest BCUT2D eigenvalue weighted by atomic mass is 32.1. The van der Waals surface area contributed by atoms with Crippen molar-refractivity contribution in [2.24, 2.45) is 5.92 Å². The second-order valence-electron chi connectivity index (χ2n) is 6.96. The molecule has 140 valence electrons. The van der Waals surface area contributed by atoms with Crippen LogP contribution in [0.1, 0.15) is 35.9 Å². The Kier molecular flexibility index (Phi) is 5.26. The van der Waals surface area contributed by atoms with Gasteiger partial charge in [0.1, 0.15) is 0 Å². The van der Waals surface area contributed by atoms with Gasteiger partial charge in [-0.05, 0) is 37.4 Å². The Morgan fingerprint density at radius 2 is 2.19 bits per heavy atom. The maximum Gasteiger partial charge on any atom is 0.279 e. The molecule has 4 rings (SSSR count). The summed E-state index contributed by atoms with van der Waals surface area (Å²) in [5, 5.41) is 13.4. The van der Waals surface area contributed by atoms with Crippen LogP contribution in [-0.4, -0.2) is 43.9 Å². The SMILES string of the molecule is CC1CCCN(Cc2csc(NC(=O)c3cn(-c4ccccc4)nn3)n2)C1. The van der Waals surface area contributed by atoms with Gasteiger partial charge in [-0.15, -0.1) is 16.4 Å². The number of hydrogen-bond donors (Lipinski definition) is 1. The molecule has 0 spiro atoms. The van der Waals surface area contributed by atoms with E-state index in [4.69, 9.17) is 0 Å². The molecule has 1 aromatic carbocycles. The first-order chi connectivity index (χ1) is 13.2. The zero-order valence-corrected chi connectivity index (χ0v) is 16.0. The molecule has 27 heavy (non-hydrogen) atoms. The number of aromatic nitrogens is 4. The third-order valence-corrected chi connectivity index (χ3v) is 5.45. The van der Waals surface area contributed by atoms with Crippen molar-refractivity contribution < 1.29 is 4.79 Å². The Hall–Kier alpha value is -2.58. The number of nitrogens with one attached hydrogen (secondary N) is 1. The molecule has 1 atom stereocenters. The van der Waals surface area contributed by atoms with Crippen molar-refractivity contribution in [3.8, 4) is 5.69 Å². The van der Waals surface area contributed by atoms with Gasteiger partial charge in [0.15, 0.2) is 10.8 Å². The van der Waals surface area contributed by atoms with Crippen molar-refractivity contribution in [3.63, 3.8) is 0 Å². The lowest BCUT2D eigenvalue weighted by atomic mass is 10.0. The van der Waals surface area contributed by atoms with Gasteiger partial charge in [-0.3, -0.25) is 15.0 Å². The monoisotopic (exact) mass is 382 g/mol. The minimum absolute atomic E-state index is 0.264. The highest BCUT2D eigenvalue weighted by molar-refractivity contribution is 7.13. The Morgan fingerprint density at radius 3 is 3.00 bits per heavy atom. The zero-order valence-electron chi connectivity index (χ0n) is 15.2. The van der Waals surface area contributed by atoms with Crippen molar-refractivity contribution in [2.75, 3.05) is 18.4 Å². The predicted molar refractivity (Wildman–Crippen MR) is 105 cm³/mol. The van der Waals surface area contributed by atoms with Crippen LogP contribution in [0.4, 0.5) is 5.13 Å². The molecule has 1 N–H and O–H groups in total. The third kappa shape index (κ3) is 4.40. The van der Waals surface area contributed by atoms with E-state index in [0.717, 1.165) is 36.9 Å². The van der Waals surface area contributed by atoms with Gasteiger partial charge in [0.05, 0.1) is 17.6 Å². The molecule has 1 aliphatic heterocycles. The van der Waals surface area contributed by atoms with Crippen LogP contribution in [0.3, 0.4) is 0 Å². The molecule has 2 aromatic heterocycles. The summed E-state index contributed by atoms with van der Waals surface area (Å²) >= 11 is 1.44. The molecule has 1 aliphatic rings. The molecule has 7 nitrogen and oxygen atoms in total. The number of hydrogen-bond acceptors (Lipinski definition) is 6. The van der Waals surface area contributed by atoms with E-state index in [1.165, 1.54) is 24.2 Å². The van der Waals surface area contributed by atoms with Gasteiger partial charge in [-0.2, -0.15) is 0 Å². The van der Waals surface area contributed by atoms with Gasteiger partial charge >= 0.3 is 0 Å². The molecule has 0 aliphatic carbocycles. The van der Waals surface area contributed by atoms with E-state index in [1.807, 2.05) is 35.7 Å². The van der Waals surface area contributed by atoms with Gasteiger partial charge in [0, 0.05) is 18.5 Å². The quantitative estimate of drug-likeness (QED) is 0.733. The van der Waals surface area contributed by atoms with Crippen LogP contribution in [0, 0.1) is 5.92 Å². The fraction of sp³-hybridized carbons (Fsp3) is 0.368. The fourth-order valence-corrected chi connectivity index (χ4v) is 4.03. The minimum atomic E-state index is -0.301. The van der Waals surface area contributed by atoms with Crippen LogP contribution in [0.2, 0.25) is 0 Å². The summed E-state index contributed by atoms with van der Waals surface area (Å²) in [5.41, 5.74) is 2.12. The molecule has 1 unspecified atom stereocenters. The first-order valence-electron chi connectivity index (χ1n) is 9.13. The van der Waals surface area contributed by atoms with Crippen LogP contribution >= 0.6 is 11.3 Å². The largest absolute Gasteiger partial charge is 0.297 e. The zero-order chi connectivity index (χ0) is 18.6. The summed E-state index contributed by atoms with van der Waals surface area (Å²) in [6.07, 6.45) is 4.17. The number of benzene rings is 1. The molecule has 0 saturated carbocycles. The second kappa shape index (κ2) is 7.98. The van der Waals surface area contributed by atoms with Crippen LogP contribution < -0.4 is 5.32 Å². The molecule has 0 bridgehead atoms. The molecular weight excluding hydrogens is 360 g/mol. The number of para-hydroxylation sites is 1. The highest BCUT2D eigenvalue weighted by Gasteiger charge is 2.18. The molecular formula is C19H22N6OS. The van der Waals surface area contributed by atoms with Crippen LogP contribution in [0.25, 0.3) is 5.69 Å². The topological polar surface area (TPSA) is 75.9 Å². The number of nitrogens with zero attached hydrogens (tertiary/aromatic N) is 5. The number of amides is 1. The van der Waals surface area contributed by atoms with Gasteiger partial charge in [0.2, 0.25) is 0 Å². The number of anilines is 1. The minimum Gasteiger partial charge on any atom is -0.297 e. The van der Waals surface area contributed by atoms with Crippen molar-refractivity contribution in [1.29, 1.82) is 0 Å². The smallest absolute Gasteiger partial charge is 0.279 e. The lowest BCUT2D eigenvalue weighted by molar-refractivity contribution is 0.102. The average molecular weight is 382 g/mol. The van der Waals surface area contributed by atoms with Crippen LogP contribution in [0.15, 0.2) is 41.9 Å². The summed E-state index contributed by atoms with van der Waals surface area (Å²) in [6.45, 7) is 5.36. The normalized spacial score (nSPS) is 17.7. The molecule has 1 amide bonds. The van der Waals surface area contributed by atoms with Crippen molar-refractivity contribution in [3.05, 3.63) is 53.3 Å². The van der Waals surface area contributed by atoms with E-state index in [0.29, 0.717) is 5.13 Å². The van der Waals surface area contributed by atoms with E-state index in [-0.39, 0.29) is 11.6 Å². The summed E-state index contributed by atoms with van der Waals surface area (Å²) in [5.74, 6) is 0.438. The summed E-state index contributed by atoms with van der Waals surface area (Å²) in [4.78, 5) is 19.4. The summed E-state index contributed by atoms with van der Waals surface area (Å²) in [7, 11) is 0. The van der Waals surface area contributed by atoms with Crippen molar-refractivity contribution >= 4 is 22.4 Å². The Morgan fingerprint density at radius 1 is 1.33 bits per heavy atom. The number of likely N-dealkylation sites (tertiary alicyclic amines) is 1. The Bertz CT molecular complexity index is 906. The summed E-state index contributed by atoms with van der Waals surface area (Å²) < 4.78 is 1.58. The summed E-state index contributed by atoms with van der Waals surface area (Å²) in [6, 6.07) is 9.57. The van der Waals surface area contributed by atoms with E-state index in [1.54, 1.807) is 10.9 Å². The number of thiazole rings is 1. The van der Waals surface area contributed by atoms with Gasteiger partial charge < -0.3 is 0 Å². The van der Waals surface area contributed by atoms with E-state index in [9.17, 15) is 4.79 Å². The lowest BCUT2D eigenvalue weighted by Crippen LogP contribution is -2.33. The van der Waals surface area contributed by atoms with E-state index < -0.39 is 0 Å². The molecule has 3 heterocycles. The molecule has 0 radical (unpaired) electrons. The van der Waals surface area contributed by atoms with Crippen molar-refractivity contribution in [2.45, 2.75) is 26.3 Å².